The Kier molecular flexibility index (Phi) is 4.78. The molecule has 0 fully saturated rings. The van der Waals surface area contributed by atoms with Crippen LogP contribution in [0.15, 0.2) is 17.0 Å². The van der Waals surface area contributed by atoms with Gasteiger partial charge in [-0.15, -0.1) is 11.8 Å². The molecule has 0 bridgehead atoms. The van der Waals surface area contributed by atoms with Crippen LogP contribution in [0, 0.1) is 0 Å². The molecule has 0 spiro atoms. The third-order valence-electron chi connectivity index (χ3n) is 2.20. The van der Waals surface area contributed by atoms with Crippen LogP contribution >= 0.6 is 11.8 Å². The molecule has 0 heterocycles. The first kappa shape index (κ1) is 12.2. The molecule has 1 aromatic carbocycles. The van der Waals surface area contributed by atoms with Gasteiger partial charge in [-0.2, -0.15) is 0 Å². The Balaban J connectivity index is 3.15. The maximum Gasteiger partial charge on any atom is 0.132 e. The summed E-state index contributed by atoms with van der Waals surface area (Å²) in [6.45, 7) is 0.609. The summed E-state index contributed by atoms with van der Waals surface area (Å²) in [5.41, 5.74) is 6.64. The van der Waals surface area contributed by atoms with Crippen LogP contribution in [-0.4, -0.2) is 27.0 Å². The zero-order chi connectivity index (χ0) is 11.3. The van der Waals surface area contributed by atoms with Crippen LogP contribution in [-0.2, 0) is 6.42 Å². The number of benzene rings is 1. The molecule has 84 valence electrons. The SMILES string of the molecule is COc1cc(SC)c(OC)cc1CCN. The molecule has 0 unspecified atom stereocenters. The van der Waals surface area contributed by atoms with Crippen LogP contribution in [0.5, 0.6) is 11.5 Å². The Morgan fingerprint density at radius 2 is 1.87 bits per heavy atom. The van der Waals surface area contributed by atoms with E-state index >= 15 is 0 Å². The summed E-state index contributed by atoms with van der Waals surface area (Å²) in [5, 5.41) is 0. The van der Waals surface area contributed by atoms with Crippen LogP contribution in [0.25, 0.3) is 0 Å². The van der Waals surface area contributed by atoms with Crippen molar-refractivity contribution in [2.24, 2.45) is 5.73 Å². The second kappa shape index (κ2) is 5.88. The largest absolute Gasteiger partial charge is 0.496 e. The first-order valence-electron chi connectivity index (χ1n) is 4.75. The van der Waals surface area contributed by atoms with E-state index in [4.69, 9.17) is 15.2 Å². The quantitative estimate of drug-likeness (QED) is 0.781. The molecule has 1 aromatic rings. The van der Waals surface area contributed by atoms with E-state index in [9.17, 15) is 0 Å². The van der Waals surface area contributed by atoms with Crippen molar-refractivity contribution in [2.45, 2.75) is 11.3 Å². The van der Waals surface area contributed by atoms with E-state index in [-0.39, 0.29) is 0 Å². The van der Waals surface area contributed by atoms with Crippen molar-refractivity contribution in [3.63, 3.8) is 0 Å². The number of thioether (sulfide) groups is 1. The number of methoxy groups -OCH3 is 2. The molecule has 0 saturated heterocycles. The number of hydrogen-bond donors (Lipinski definition) is 1. The summed E-state index contributed by atoms with van der Waals surface area (Å²) < 4.78 is 10.6. The molecule has 0 aromatic heterocycles. The van der Waals surface area contributed by atoms with Crippen LogP contribution in [0.1, 0.15) is 5.56 Å². The number of nitrogens with two attached hydrogens (primary N) is 1. The lowest BCUT2D eigenvalue weighted by Crippen LogP contribution is -2.05. The van der Waals surface area contributed by atoms with E-state index in [0.717, 1.165) is 28.4 Å². The van der Waals surface area contributed by atoms with Gasteiger partial charge in [-0.25, -0.2) is 0 Å². The van der Waals surface area contributed by atoms with Gasteiger partial charge in [-0.1, -0.05) is 0 Å². The van der Waals surface area contributed by atoms with Gasteiger partial charge in [0.15, 0.2) is 0 Å². The van der Waals surface area contributed by atoms with Crippen LogP contribution in [0.2, 0.25) is 0 Å². The topological polar surface area (TPSA) is 44.5 Å². The van der Waals surface area contributed by atoms with E-state index in [1.807, 2.05) is 18.4 Å². The zero-order valence-electron chi connectivity index (χ0n) is 9.37. The van der Waals surface area contributed by atoms with Gasteiger partial charge in [-0.3, -0.25) is 0 Å². The predicted molar refractivity (Wildman–Crippen MR) is 64.1 cm³/mol. The van der Waals surface area contributed by atoms with E-state index in [2.05, 4.69) is 0 Å². The minimum absolute atomic E-state index is 0.609. The maximum atomic E-state index is 5.54. The van der Waals surface area contributed by atoms with Crippen LogP contribution < -0.4 is 15.2 Å². The van der Waals surface area contributed by atoms with Gasteiger partial charge in [0.05, 0.1) is 19.1 Å². The standard InChI is InChI=1S/C11H17NO2S/c1-13-9-7-11(15-3)10(14-2)6-8(9)4-5-12/h6-7H,4-5,12H2,1-3H3. The maximum absolute atomic E-state index is 5.54. The van der Waals surface area contributed by atoms with Crippen molar-refractivity contribution in [2.75, 3.05) is 27.0 Å². The van der Waals surface area contributed by atoms with E-state index in [1.165, 1.54) is 0 Å². The van der Waals surface area contributed by atoms with Gasteiger partial charge >= 0.3 is 0 Å². The lowest BCUT2D eigenvalue weighted by atomic mass is 10.1. The normalized spacial score (nSPS) is 10.1. The summed E-state index contributed by atoms with van der Waals surface area (Å²) in [5.74, 6) is 1.76. The molecular weight excluding hydrogens is 210 g/mol. The Morgan fingerprint density at radius 3 is 2.33 bits per heavy atom. The molecular formula is C11H17NO2S. The average Bonchev–Trinajstić information content (AvgIpc) is 2.28. The first-order chi connectivity index (χ1) is 7.26. The molecule has 0 aliphatic carbocycles. The van der Waals surface area contributed by atoms with Gasteiger partial charge in [0, 0.05) is 0 Å². The number of rotatable bonds is 5. The Hall–Kier alpha value is -0.870. The fourth-order valence-corrected chi connectivity index (χ4v) is 2.01. The second-order valence-corrected chi connectivity index (χ2v) is 3.91. The number of hydrogen-bond acceptors (Lipinski definition) is 4. The van der Waals surface area contributed by atoms with Crippen molar-refractivity contribution in [3.05, 3.63) is 17.7 Å². The van der Waals surface area contributed by atoms with Crippen molar-refractivity contribution in [1.29, 1.82) is 0 Å². The minimum Gasteiger partial charge on any atom is -0.496 e. The van der Waals surface area contributed by atoms with Crippen LogP contribution in [0.3, 0.4) is 0 Å². The van der Waals surface area contributed by atoms with Crippen molar-refractivity contribution in [1.82, 2.24) is 0 Å². The van der Waals surface area contributed by atoms with Crippen LogP contribution in [0.4, 0.5) is 0 Å². The van der Waals surface area contributed by atoms with Crippen molar-refractivity contribution >= 4 is 11.8 Å². The molecule has 0 amide bonds. The fourth-order valence-electron chi connectivity index (χ4n) is 1.44. The highest BCUT2D eigenvalue weighted by molar-refractivity contribution is 7.98. The summed E-state index contributed by atoms with van der Waals surface area (Å²) >= 11 is 1.64. The molecule has 0 radical (unpaired) electrons. The molecule has 2 N–H and O–H groups in total. The molecule has 0 saturated carbocycles. The van der Waals surface area contributed by atoms with E-state index in [1.54, 1.807) is 26.0 Å². The fraction of sp³-hybridized carbons (Fsp3) is 0.455. The number of ether oxygens (including phenoxy) is 2. The molecule has 0 aliphatic heterocycles. The second-order valence-electron chi connectivity index (χ2n) is 3.06. The Morgan fingerprint density at radius 1 is 1.20 bits per heavy atom. The highest BCUT2D eigenvalue weighted by Crippen LogP contribution is 2.34. The van der Waals surface area contributed by atoms with E-state index < -0.39 is 0 Å². The molecule has 0 atom stereocenters. The van der Waals surface area contributed by atoms with Gasteiger partial charge < -0.3 is 15.2 Å². The van der Waals surface area contributed by atoms with E-state index in [0.29, 0.717) is 6.54 Å². The lowest BCUT2D eigenvalue weighted by Gasteiger charge is -2.13. The molecule has 0 aliphatic rings. The molecule has 15 heavy (non-hydrogen) atoms. The lowest BCUT2D eigenvalue weighted by molar-refractivity contribution is 0.390. The average molecular weight is 227 g/mol. The summed E-state index contributed by atoms with van der Waals surface area (Å²) in [4.78, 5) is 1.08. The highest BCUT2D eigenvalue weighted by Gasteiger charge is 2.09. The molecule has 3 nitrogen and oxygen atoms in total. The first-order valence-corrected chi connectivity index (χ1v) is 5.98. The predicted octanol–water partition coefficient (Wildman–Crippen LogP) is 1.93. The summed E-state index contributed by atoms with van der Waals surface area (Å²) in [6.07, 6.45) is 2.81. The summed E-state index contributed by atoms with van der Waals surface area (Å²) in [6, 6.07) is 3.99. The Labute approximate surface area is 94.9 Å². The van der Waals surface area contributed by atoms with Gasteiger partial charge in [0.2, 0.25) is 0 Å². The van der Waals surface area contributed by atoms with Crippen molar-refractivity contribution in [3.8, 4) is 11.5 Å². The highest BCUT2D eigenvalue weighted by atomic mass is 32.2. The van der Waals surface area contributed by atoms with Crippen molar-refractivity contribution < 1.29 is 9.47 Å². The monoisotopic (exact) mass is 227 g/mol. The third-order valence-corrected chi connectivity index (χ3v) is 2.96. The Bertz CT molecular complexity index is 329. The smallest absolute Gasteiger partial charge is 0.132 e. The zero-order valence-corrected chi connectivity index (χ0v) is 10.2. The third kappa shape index (κ3) is 2.79. The van der Waals surface area contributed by atoms with Gasteiger partial charge in [0.25, 0.3) is 0 Å². The van der Waals surface area contributed by atoms with Gasteiger partial charge in [0.1, 0.15) is 11.5 Å². The minimum atomic E-state index is 0.609. The molecule has 1 rings (SSSR count). The summed E-state index contributed by atoms with van der Waals surface area (Å²) in [7, 11) is 3.35. The van der Waals surface area contributed by atoms with Gasteiger partial charge in [-0.05, 0) is 36.9 Å². The molecule has 4 heteroatoms.